The van der Waals surface area contributed by atoms with Gasteiger partial charge in [-0.05, 0) is 50.2 Å². The molecule has 1 atom stereocenters. The molecule has 10 heteroatoms. The number of halogens is 3. The Morgan fingerprint density at radius 1 is 1.14 bits per heavy atom. The number of rotatable bonds is 7. The predicted molar refractivity (Wildman–Crippen MR) is 91.3 cm³/mol. The lowest BCUT2D eigenvalue weighted by Gasteiger charge is -2.14. The molecule has 0 aliphatic heterocycles. The molecular formula is C18H16F3NO6. The molecule has 0 unspecified atom stereocenters. The SMILES string of the molecule is CCOC(=O)[C@@H](C)Oc1ccc(Oc2ccc(C(F)(F)F)cc2[N+](=O)[O-])cc1. The highest BCUT2D eigenvalue weighted by Gasteiger charge is 2.33. The first-order valence-corrected chi connectivity index (χ1v) is 8.08. The number of alkyl halides is 3. The molecule has 7 nitrogen and oxygen atoms in total. The highest BCUT2D eigenvalue weighted by Crippen LogP contribution is 2.38. The van der Waals surface area contributed by atoms with Gasteiger partial charge >= 0.3 is 17.8 Å². The summed E-state index contributed by atoms with van der Waals surface area (Å²) in [5.41, 5.74) is -1.96. The fourth-order valence-corrected chi connectivity index (χ4v) is 2.15. The number of hydrogen-bond acceptors (Lipinski definition) is 6. The minimum absolute atomic E-state index is 0.138. The minimum Gasteiger partial charge on any atom is -0.479 e. The summed E-state index contributed by atoms with van der Waals surface area (Å²) < 4.78 is 53.7. The molecule has 0 radical (unpaired) electrons. The van der Waals surface area contributed by atoms with Crippen molar-refractivity contribution < 1.29 is 37.1 Å². The van der Waals surface area contributed by atoms with E-state index in [-0.39, 0.29) is 18.1 Å². The van der Waals surface area contributed by atoms with E-state index in [1.165, 1.54) is 31.2 Å². The Hall–Kier alpha value is -3.30. The van der Waals surface area contributed by atoms with E-state index in [0.29, 0.717) is 17.9 Å². The molecule has 0 N–H and O–H groups in total. The van der Waals surface area contributed by atoms with Crippen molar-refractivity contribution in [1.82, 2.24) is 0 Å². The number of carbonyl (C=O) groups excluding carboxylic acids is 1. The van der Waals surface area contributed by atoms with E-state index in [4.69, 9.17) is 14.2 Å². The van der Waals surface area contributed by atoms with Crippen molar-refractivity contribution in [3.8, 4) is 17.2 Å². The van der Waals surface area contributed by atoms with Crippen LogP contribution in [0.2, 0.25) is 0 Å². The maximum absolute atomic E-state index is 12.7. The summed E-state index contributed by atoms with van der Waals surface area (Å²) in [6.45, 7) is 3.39. The fourth-order valence-electron chi connectivity index (χ4n) is 2.15. The van der Waals surface area contributed by atoms with Gasteiger partial charge in [-0.1, -0.05) is 0 Å². The van der Waals surface area contributed by atoms with Gasteiger partial charge in [0.2, 0.25) is 5.75 Å². The summed E-state index contributed by atoms with van der Waals surface area (Å²) >= 11 is 0. The van der Waals surface area contributed by atoms with Crippen molar-refractivity contribution in [2.45, 2.75) is 26.1 Å². The van der Waals surface area contributed by atoms with Gasteiger partial charge in [0.15, 0.2) is 6.10 Å². The first-order valence-electron chi connectivity index (χ1n) is 8.08. The summed E-state index contributed by atoms with van der Waals surface area (Å²) in [4.78, 5) is 21.7. The third-order valence-corrected chi connectivity index (χ3v) is 3.47. The Morgan fingerprint density at radius 3 is 2.29 bits per heavy atom. The quantitative estimate of drug-likeness (QED) is 0.380. The second kappa shape index (κ2) is 8.59. The van der Waals surface area contributed by atoms with Gasteiger partial charge < -0.3 is 14.2 Å². The molecule has 0 saturated carbocycles. The highest BCUT2D eigenvalue weighted by molar-refractivity contribution is 5.74. The van der Waals surface area contributed by atoms with Crippen LogP contribution in [-0.2, 0) is 15.7 Å². The zero-order valence-electron chi connectivity index (χ0n) is 14.9. The predicted octanol–water partition coefficient (Wildman–Crippen LogP) is 4.74. The van der Waals surface area contributed by atoms with Gasteiger partial charge in [-0.25, -0.2) is 4.79 Å². The number of nitro benzene ring substituents is 1. The van der Waals surface area contributed by atoms with Gasteiger partial charge in [-0.2, -0.15) is 13.2 Å². The summed E-state index contributed by atoms with van der Waals surface area (Å²) in [6.07, 6.45) is -5.56. The fraction of sp³-hybridized carbons (Fsp3) is 0.278. The number of ether oxygens (including phenoxy) is 3. The second-order valence-corrected chi connectivity index (χ2v) is 5.52. The number of nitro groups is 1. The van der Waals surface area contributed by atoms with Crippen molar-refractivity contribution in [1.29, 1.82) is 0 Å². The molecular weight excluding hydrogens is 383 g/mol. The van der Waals surface area contributed by atoms with Gasteiger partial charge in [0.1, 0.15) is 11.5 Å². The minimum atomic E-state index is -4.71. The molecule has 0 heterocycles. The largest absolute Gasteiger partial charge is 0.479 e. The monoisotopic (exact) mass is 399 g/mol. The maximum Gasteiger partial charge on any atom is 0.416 e. The number of esters is 1. The lowest BCUT2D eigenvalue weighted by Crippen LogP contribution is -2.25. The van der Waals surface area contributed by atoms with Crippen LogP contribution in [0.4, 0.5) is 18.9 Å². The van der Waals surface area contributed by atoms with E-state index in [1.807, 2.05) is 0 Å². The summed E-state index contributed by atoms with van der Waals surface area (Å²) in [7, 11) is 0. The molecule has 0 aliphatic carbocycles. The number of hydrogen-bond donors (Lipinski definition) is 0. The molecule has 0 bridgehead atoms. The molecule has 150 valence electrons. The Bertz CT molecular complexity index is 851. The first kappa shape index (κ1) is 21.0. The maximum atomic E-state index is 12.7. The van der Waals surface area contributed by atoms with Crippen LogP contribution in [0.15, 0.2) is 42.5 Å². The molecule has 0 spiro atoms. The van der Waals surface area contributed by atoms with E-state index >= 15 is 0 Å². The molecule has 0 saturated heterocycles. The van der Waals surface area contributed by atoms with Crippen molar-refractivity contribution in [3.05, 3.63) is 58.1 Å². The zero-order chi connectivity index (χ0) is 20.9. The average molecular weight is 399 g/mol. The Morgan fingerprint density at radius 2 is 1.75 bits per heavy atom. The molecule has 0 amide bonds. The Labute approximate surface area is 157 Å². The van der Waals surface area contributed by atoms with Crippen LogP contribution in [0.5, 0.6) is 17.2 Å². The molecule has 0 aliphatic rings. The highest BCUT2D eigenvalue weighted by atomic mass is 19.4. The molecule has 0 fully saturated rings. The second-order valence-electron chi connectivity index (χ2n) is 5.52. The van der Waals surface area contributed by atoms with Crippen molar-refractivity contribution in [2.75, 3.05) is 6.61 Å². The van der Waals surface area contributed by atoms with Gasteiger partial charge in [-0.3, -0.25) is 10.1 Å². The van der Waals surface area contributed by atoms with Crippen LogP contribution in [0.3, 0.4) is 0 Å². The Kier molecular flexibility index (Phi) is 6.45. The zero-order valence-corrected chi connectivity index (χ0v) is 14.9. The van der Waals surface area contributed by atoms with Crippen LogP contribution in [0, 0.1) is 10.1 Å². The number of carbonyl (C=O) groups is 1. The van der Waals surface area contributed by atoms with Crippen molar-refractivity contribution >= 4 is 11.7 Å². The van der Waals surface area contributed by atoms with Gasteiger partial charge in [-0.15, -0.1) is 0 Å². The molecule has 2 rings (SSSR count). The van der Waals surface area contributed by atoms with E-state index in [2.05, 4.69) is 0 Å². The van der Waals surface area contributed by atoms with Crippen LogP contribution < -0.4 is 9.47 Å². The van der Waals surface area contributed by atoms with E-state index in [0.717, 1.165) is 6.07 Å². The lowest BCUT2D eigenvalue weighted by molar-refractivity contribution is -0.385. The van der Waals surface area contributed by atoms with E-state index in [9.17, 15) is 28.1 Å². The van der Waals surface area contributed by atoms with Gasteiger partial charge in [0.25, 0.3) is 0 Å². The third-order valence-electron chi connectivity index (χ3n) is 3.47. The summed E-state index contributed by atoms with van der Waals surface area (Å²) in [5, 5.41) is 11.1. The van der Waals surface area contributed by atoms with Crippen molar-refractivity contribution in [3.63, 3.8) is 0 Å². The summed E-state index contributed by atoms with van der Waals surface area (Å²) in [6, 6.07) is 7.67. The number of benzene rings is 2. The summed E-state index contributed by atoms with van der Waals surface area (Å²) in [5.74, 6) is -0.427. The third kappa shape index (κ3) is 5.35. The molecule has 28 heavy (non-hydrogen) atoms. The van der Waals surface area contributed by atoms with Gasteiger partial charge in [0.05, 0.1) is 17.1 Å². The van der Waals surface area contributed by atoms with E-state index < -0.39 is 34.4 Å². The van der Waals surface area contributed by atoms with Crippen LogP contribution in [0.1, 0.15) is 19.4 Å². The number of nitrogens with zero attached hydrogens (tertiary/aromatic N) is 1. The normalized spacial score (nSPS) is 12.2. The molecule has 2 aromatic carbocycles. The van der Waals surface area contributed by atoms with Crippen LogP contribution >= 0.6 is 0 Å². The topological polar surface area (TPSA) is 87.9 Å². The lowest BCUT2D eigenvalue weighted by atomic mass is 10.2. The smallest absolute Gasteiger partial charge is 0.416 e. The first-order chi connectivity index (χ1) is 13.1. The van der Waals surface area contributed by atoms with Crippen molar-refractivity contribution in [2.24, 2.45) is 0 Å². The van der Waals surface area contributed by atoms with Crippen LogP contribution in [-0.4, -0.2) is 23.6 Å². The molecule has 0 aromatic heterocycles. The van der Waals surface area contributed by atoms with Gasteiger partial charge in [0, 0.05) is 6.07 Å². The van der Waals surface area contributed by atoms with Crippen LogP contribution in [0.25, 0.3) is 0 Å². The molecule has 2 aromatic rings. The van der Waals surface area contributed by atoms with E-state index in [1.54, 1.807) is 6.92 Å². The Balaban J connectivity index is 2.16. The standard InChI is InChI=1S/C18H16F3NO6/c1-3-26-17(23)11(2)27-13-5-7-14(8-6-13)28-16-9-4-12(18(19,20)21)10-15(16)22(24)25/h4-11H,3H2,1-2H3/t11-/m1/s1. The average Bonchev–Trinajstić information content (AvgIpc) is 2.62.